The number of anilines is 2. The number of aryl methyl sites for hydroxylation is 2. The zero-order valence-corrected chi connectivity index (χ0v) is 15.3. The van der Waals surface area contributed by atoms with Gasteiger partial charge in [-0.05, 0) is 33.1 Å². The molecular weight excluding hydrogens is 344 g/mol. The fraction of sp³-hybridized carbons (Fsp3) is 0.500. The van der Waals surface area contributed by atoms with Crippen LogP contribution < -0.4 is 10.6 Å². The minimum absolute atomic E-state index is 0.0352. The van der Waals surface area contributed by atoms with Gasteiger partial charge in [-0.2, -0.15) is 0 Å². The molecule has 2 aromatic rings. The maximum Gasteiger partial charge on any atom is 0.229 e. The largest absolute Gasteiger partial charge is 0.302 e. The van der Waals surface area contributed by atoms with Gasteiger partial charge < -0.3 is 10.6 Å². The fourth-order valence-corrected chi connectivity index (χ4v) is 4.24. The van der Waals surface area contributed by atoms with Gasteiger partial charge in [0.1, 0.15) is 0 Å². The number of rotatable bonds is 4. The third kappa shape index (κ3) is 4.18. The van der Waals surface area contributed by atoms with Crippen LogP contribution in [0.15, 0.2) is 12.4 Å². The van der Waals surface area contributed by atoms with Gasteiger partial charge in [-0.1, -0.05) is 6.42 Å². The van der Waals surface area contributed by atoms with Crippen molar-refractivity contribution in [2.45, 2.75) is 39.5 Å². The predicted molar refractivity (Wildman–Crippen MR) is 96.4 cm³/mol. The minimum atomic E-state index is -0.142. The topological polar surface area (TPSA) is 84.0 Å². The van der Waals surface area contributed by atoms with Crippen LogP contribution in [0.3, 0.4) is 0 Å². The van der Waals surface area contributed by atoms with Crippen LogP contribution in [-0.4, -0.2) is 21.8 Å². The van der Waals surface area contributed by atoms with E-state index in [9.17, 15) is 9.59 Å². The molecule has 1 aliphatic rings. The van der Waals surface area contributed by atoms with Crippen molar-refractivity contribution in [3.05, 3.63) is 22.1 Å². The van der Waals surface area contributed by atoms with Crippen LogP contribution in [0.4, 0.5) is 10.3 Å². The summed E-state index contributed by atoms with van der Waals surface area (Å²) in [5, 5.41) is 7.00. The van der Waals surface area contributed by atoms with Crippen LogP contribution in [0.5, 0.6) is 0 Å². The molecule has 2 N–H and O–H groups in total. The van der Waals surface area contributed by atoms with Gasteiger partial charge in [0.15, 0.2) is 10.3 Å². The van der Waals surface area contributed by atoms with Crippen LogP contribution in [-0.2, 0) is 9.59 Å². The summed E-state index contributed by atoms with van der Waals surface area (Å²) in [6.45, 7) is 3.91. The monoisotopic (exact) mass is 364 g/mol. The first kappa shape index (κ1) is 17.0. The zero-order valence-electron chi connectivity index (χ0n) is 13.7. The first-order chi connectivity index (χ1) is 11.5. The number of carbonyl (C=O) groups is 2. The molecule has 2 unspecified atom stereocenters. The van der Waals surface area contributed by atoms with Crippen molar-refractivity contribution in [2.24, 2.45) is 11.8 Å². The zero-order chi connectivity index (χ0) is 17.1. The predicted octanol–water partition coefficient (Wildman–Crippen LogP) is 3.60. The minimum Gasteiger partial charge on any atom is -0.302 e. The standard InChI is InChI=1S/C16H20N4O2S2/c1-9-7-17-15(23-9)19-13(21)11-4-3-5-12(6-11)14(22)20-16-18-8-10(2)24-16/h7-8,11-12H,3-6H2,1-2H3,(H,17,19,21)(H,18,20,22). The molecule has 2 atom stereocenters. The van der Waals surface area contributed by atoms with E-state index in [1.54, 1.807) is 12.4 Å². The molecule has 0 saturated heterocycles. The van der Waals surface area contributed by atoms with E-state index in [-0.39, 0.29) is 23.7 Å². The highest BCUT2D eigenvalue weighted by Gasteiger charge is 2.31. The molecule has 1 saturated carbocycles. The Hall–Kier alpha value is -1.80. The van der Waals surface area contributed by atoms with Gasteiger partial charge in [0, 0.05) is 34.0 Å². The van der Waals surface area contributed by atoms with E-state index in [1.165, 1.54) is 22.7 Å². The SMILES string of the molecule is Cc1cnc(NC(=O)C2CCCC(C(=O)Nc3ncc(C)s3)C2)s1. The van der Waals surface area contributed by atoms with Crippen LogP contribution in [0, 0.1) is 25.7 Å². The smallest absolute Gasteiger partial charge is 0.229 e. The third-order valence-electron chi connectivity index (χ3n) is 4.12. The van der Waals surface area contributed by atoms with Crippen molar-refractivity contribution < 1.29 is 9.59 Å². The van der Waals surface area contributed by atoms with Crippen LogP contribution >= 0.6 is 22.7 Å². The van der Waals surface area contributed by atoms with E-state index in [1.807, 2.05) is 13.8 Å². The molecule has 0 bridgehead atoms. The van der Waals surface area contributed by atoms with Crippen molar-refractivity contribution in [3.8, 4) is 0 Å². The maximum absolute atomic E-state index is 12.4. The number of thiazole rings is 2. The average Bonchev–Trinajstić information content (AvgIpc) is 3.15. The quantitative estimate of drug-likeness (QED) is 0.868. The lowest BCUT2D eigenvalue weighted by molar-refractivity contribution is -0.124. The van der Waals surface area contributed by atoms with Gasteiger partial charge >= 0.3 is 0 Å². The van der Waals surface area contributed by atoms with Gasteiger partial charge in [-0.25, -0.2) is 9.97 Å². The molecule has 128 valence electrons. The molecule has 2 aromatic heterocycles. The van der Waals surface area contributed by atoms with Crippen LogP contribution in [0.25, 0.3) is 0 Å². The molecule has 0 spiro atoms. The van der Waals surface area contributed by atoms with Gasteiger partial charge in [-0.15, -0.1) is 22.7 Å². The summed E-state index contributed by atoms with van der Waals surface area (Å²) in [4.78, 5) is 35.3. The van der Waals surface area contributed by atoms with Crippen molar-refractivity contribution in [1.82, 2.24) is 9.97 Å². The van der Waals surface area contributed by atoms with Crippen LogP contribution in [0.1, 0.15) is 35.4 Å². The van der Waals surface area contributed by atoms with Crippen molar-refractivity contribution in [3.63, 3.8) is 0 Å². The highest BCUT2D eigenvalue weighted by Crippen LogP contribution is 2.31. The number of nitrogens with zero attached hydrogens (tertiary/aromatic N) is 2. The highest BCUT2D eigenvalue weighted by atomic mass is 32.1. The van der Waals surface area contributed by atoms with E-state index in [4.69, 9.17) is 0 Å². The Morgan fingerprint density at radius 3 is 1.79 bits per heavy atom. The number of hydrogen-bond donors (Lipinski definition) is 2. The van der Waals surface area contributed by atoms with Crippen molar-refractivity contribution in [2.75, 3.05) is 10.6 Å². The molecule has 2 heterocycles. The number of carbonyl (C=O) groups excluding carboxylic acids is 2. The summed E-state index contributed by atoms with van der Waals surface area (Å²) in [7, 11) is 0. The van der Waals surface area contributed by atoms with Gasteiger partial charge in [0.2, 0.25) is 11.8 Å². The molecule has 8 heteroatoms. The Morgan fingerprint density at radius 2 is 1.42 bits per heavy atom. The normalized spacial score (nSPS) is 20.6. The first-order valence-corrected chi connectivity index (χ1v) is 9.61. The van der Waals surface area contributed by atoms with E-state index in [2.05, 4.69) is 20.6 Å². The Kier molecular flexibility index (Phi) is 5.25. The molecule has 6 nitrogen and oxygen atoms in total. The lowest BCUT2D eigenvalue weighted by atomic mass is 9.80. The summed E-state index contributed by atoms with van der Waals surface area (Å²) in [5.41, 5.74) is 0. The molecular formula is C16H20N4O2S2. The van der Waals surface area contributed by atoms with E-state index in [0.717, 1.165) is 29.0 Å². The van der Waals surface area contributed by atoms with E-state index < -0.39 is 0 Å². The second-order valence-corrected chi connectivity index (χ2v) is 8.56. The molecule has 1 fully saturated rings. The molecule has 1 aliphatic carbocycles. The highest BCUT2D eigenvalue weighted by molar-refractivity contribution is 7.16. The number of hydrogen-bond acceptors (Lipinski definition) is 6. The molecule has 0 aromatic carbocycles. The second kappa shape index (κ2) is 7.40. The third-order valence-corrected chi connectivity index (χ3v) is 5.78. The summed E-state index contributed by atoms with van der Waals surface area (Å²) in [5.74, 6) is -0.354. The van der Waals surface area contributed by atoms with Gasteiger partial charge in [0.25, 0.3) is 0 Å². The van der Waals surface area contributed by atoms with E-state index >= 15 is 0 Å². The lowest BCUT2D eigenvalue weighted by Crippen LogP contribution is -2.33. The van der Waals surface area contributed by atoms with E-state index in [0.29, 0.717) is 16.7 Å². The van der Waals surface area contributed by atoms with Gasteiger partial charge in [0.05, 0.1) is 0 Å². The Morgan fingerprint density at radius 1 is 0.958 bits per heavy atom. The maximum atomic E-state index is 12.4. The summed E-state index contributed by atoms with van der Waals surface area (Å²) in [6, 6.07) is 0. The second-order valence-electron chi connectivity index (χ2n) is 6.09. The Balaban J connectivity index is 1.57. The molecule has 0 aliphatic heterocycles. The Labute approximate surface area is 148 Å². The lowest BCUT2D eigenvalue weighted by Gasteiger charge is -2.27. The molecule has 24 heavy (non-hydrogen) atoms. The Bertz CT molecular complexity index is 680. The van der Waals surface area contributed by atoms with Crippen LogP contribution in [0.2, 0.25) is 0 Å². The average molecular weight is 364 g/mol. The summed E-state index contributed by atoms with van der Waals surface area (Å²) < 4.78 is 0. The number of aromatic nitrogens is 2. The number of nitrogens with one attached hydrogen (secondary N) is 2. The van der Waals surface area contributed by atoms with Gasteiger partial charge in [-0.3, -0.25) is 9.59 Å². The summed E-state index contributed by atoms with van der Waals surface area (Å²) in [6.07, 6.45) is 6.57. The molecule has 3 rings (SSSR count). The summed E-state index contributed by atoms with van der Waals surface area (Å²) >= 11 is 2.92. The fourth-order valence-electron chi connectivity index (χ4n) is 2.91. The number of amides is 2. The van der Waals surface area contributed by atoms with Crippen molar-refractivity contribution in [1.29, 1.82) is 0 Å². The molecule has 0 radical (unpaired) electrons. The van der Waals surface area contributed by atoms with Crippen molar-refractivity contribution >= 4 is 44.8 Å². The molecule has 2 amide bonds. The first-order valence-electron chi connectivity index (χ1n) is 7.98.